The quantitative estimate of drug-likeness (QED) is 0.463. The van der Waals surface area contributed by atoms with E-state index in [1.54, 1.807) is 12.1 Å². The van der Waals surface area contributed by atoms with E-state index in [2.05, 4.69) is 53.5 Å². The van der Waals surface area contributed by atoms with Crippen LogP contribution in [0.2, 0.25) is 0 Å². The Labute approximate surface area is 181 Å². The van der Waals surface area contributed by atoms with E-state index in [0.29, 0.717) is 18.8 Å². The number of carbonyl (C=O) groups excluding carboxylic acids is 1. The molecule has 2 heterocycles. The molecule has 4 heteroatoms. The highest BCUT2D eigenvalue weighted by molar-refractivity contribution is 5.98. The third-order valence-electron chi connectivity index (χ3n) is 5.97. The van der Waals surface area contributed by atoms with Crippen molar-refractivity contribution in [2.75, 3.05) is 13.1 Å². The number of hydrogen-bond donors (Lipinski definition) is 2. The van der Waals surface area contributed by atoms with Crippen LogP contribution in [-0.2, 0) is 0 Å². The fourth-order valence-electron chi connectivity index (χ4n) is 4.41. The second-order valence-corrected chi connectivity index (χ2v) is 7.96. The molecule has 0 saturated carbocycles. The number of likely N-dealkylation sites (tertiary alicyclic amines) is 1. The number of benzene rings is 3. The average molecular weight is 409 g/mol. The van der Waals surface area contributed by atoms with Gasteiger partial charge in [0.25, 0.3) is 5.91 Å². The molecule has 2 N–H and O–H groups in total. The number of phenols is 1. The molecule has 0 spiro atoms. The monoisotopic (exact) mass is 408 g/mol. The molecule has 1 fully saturated rings. The van der Waals surface area contributed by atoms with E-state index in [9.17, 15) is 9.90 Å². The summed E-state index contributed by atoms with van der Waals surface area (Å²) in [6.45, 7) is 1.38. The molecule has 5 rings (SSSR count). The van der Waals surface area contributed by atoms with Crippen molar-refractivity contribution < 1.29 is 9.90 Å². The van der Waals surface area contributed by atoms with Gasteiger partial charge in [-0.2, -0.15) is 0 Å². The molecule has 0 radical (unpaired) electrons. The topological polar surface area (TPSA) is 56.3 Å². The number of aromatic nitrogens is 1. The molecular formula is C27H24N2O2. The number of rotatable bonds is 3. The van der Waals surface area contributed by atoms with E-state index in [4.69, 9.17) is 0 Å². The summed E-state index contributed by atoms with van der Waals surface area (Å²) < 4.78 is 0. The van der Waals surface area contributed by atoms with Gasteiger partial charge in [-0.15, -0.1) is 0 Å². The number of phenolic OH excluding ortho intramolecular Hbond substituents is 1. The van der Waals surface area contributed by atoms with Crippen LogP contribution in [0.4, 0.5) is 0 Å². The second-order valence-electron chi connectivity index (χ2n) is 7.96. The van der Waals surface area contributed by atoms with Crippen LogP contribution >= 0.6 is 0 Å². The Morgan fingerprint density at radius 1 is 0.806 bits per heavy atom. The SMILES string of the molecule is O=C(c1cc2ccc(O)cc2[nH]1)N1CCC(=C(c2ccccc2)c2ccccc2)CC1. The van der Waals surface area contributed by atoms with E-state index in [1.165, 1.54) is 22.3 Å². The Morgan fingerprint density at radius 2 is 1.42 bits per heavy atom. The van der Waals surface area contributed by atoms with Gasteiger partial charge in [0.15, 0.2) is 0 Å². The van der Waals surface area contributed by atoms with Gasteiger partial charge in [-0.25, -0.2) is 0 Å². The Morgan fingerprint density at radius 3 is 2.03 bits per heavy atom. The summed E-state index contributed by atoms with van der Waals surface area (Å²) >= 11 is 0. The number of nitrogens with zero attached hydrogens (tertiary/aromatic N) is 1. The van der Waals surface area contributed by atoms with Crippen molar-refractivity contribution in [2.45, 2.75) is 12.8 Å². The Bertz CT molecular complexity index is 1200. The summed E-state index contributed by atoms with van der Waals surface area (Å²) in [5.41, 5.74) is 6.46. The molecule has 0 unspecified atom stereocenters. The Hall–Kier alpha value is -3.79. The van der Waals surface area contributed by atoms with Gasteiger partial charge in [-0.05, 0) is 47.7 Å². The molecule has 31 heavy (non-hydrogen) atoms. The zero-order valence-corrected chi connectivity index (χ0v) is 17.2. The third kappa shape index (κ3) is 3.84. The van der Waals surface area contributed by atoms with E-state index < -0.39 is 0 Å². The van der Waals surface area contributed by atoms with Gasteiger partial charge < -0.3 is 15.0 Å². The van der Waals surface area contributed by atoms with Crippen LogP contribution in [0.3, 0.4) is 0 Å². The number of aromatic hydroxyl groups is 1. The average Bonchev–Trinajstić information content (AvgIpc) is 3.24. The molecule has 3 aromatic carbocycles. The van der Waals surface area contributed by atoms with Gasteiger partial charge >= 0.3 is 0 Å². The number of amides is 1. The number of nitrogens with one attached hydrogen (secondary N) is 1. The van der Waals surface area contributed by atoms with Crippen LogP contribution in [0.15, 0.2) is 90.5 Å². The molecule has 1 aliphatic heterocycles. The molecule has 4 aromatic rings. The van der Waals surface area contributed by atoms with Gasteiger partial charge in [0.1, 0.15) is 11.4 Å². The number of H-pyrrole nitrogens is 1. The first-order valence-corrected chi connectivity index (χ1v) is 10.6. The van der Waals surface area contributed by atoms with E-state index in [1.807, 2.05) is 29.2 Å². The fourth-order valence-corrected chi connectivity index (χ4v) is 4.41. The summed E-state index contributed by atoms with van der Waals surface area (Å²) in [5.74, 6) is 0.200. The summed E-state index contributed by atoms with van der Waals surface area (Å²) in [7, 11) is 0. The minimum absolute atomic E-state index is 0.00992. The van der Waals surface area contributed by atoms with Gasteiger partial charge in [-0.1, -0.05) is 66.2 Å². The zero-order chi connectivity index (χ0) is 21.2. The predicted molar refractivity (Wildman–Crippen MR) is 124 cm³/mol. The largest absolute Gasteiger partial charge is 0.508 e. The lowest BCUT2D eigenvalue weighted by Crippen LogP contribution is -2.36. The summed E-state index contributed by atoms with van der Waals surface area (Å²) in [4.78, 5) is 18.2. The molecule has 1 amide bonds. The minimum Gasteiger partial charge on any atom is -0.508 e. The molecule has 1 saturated heterocycles. The van der Waals surface area contributed by atoms with Crippen molar-refractivity contribution in [3.63, 3.8) is 0 Å². The molecule has 1 aromatic heterocycles. The number of fused-ring (bicyclic) bond motifs is 1. The van der Waals surface area contributed by atoms with Crippen molar-refractivity contribution >= 4 is 22.4 Å². The molecule has 4 nitrogen and oxygen atoms in total. The first kappa shape index (κ1) is 19.2. The minimum atomic E-state index is 0.00992. The normalized spacial score (nSPS) is 14.1. The molecule has 0 atom stereocenters. The zero-order valence-electron chi connectivity index (χ0n) is 17.2. The molecule has 0 bridgehead atoms. The lowest BCUT2D eigenvalue weighted by Gasteiger charge is -2.30. The van der Waals surface area contributed by atoms with Crippen LogP contribution in [0.1, 0.15) is 34.5 Å². The van der Waals surface area contributed by atoms with E-state index in [0.717, 1.165) is 23.7 Å². The Balaban J connectivity index is 1.41. The lowest BCUT2D eigenvalue weighted by atomic mass is 9.88. The molecule has 154 valence electrons. The maximum atomic E-state index is 13.1. The molecule has 1 aliphatic rings. The fraction of sp³-hybridized carbons (Fsp3) is 0.148. The van der Waals surface area contributed by atoms with Gasteiger partial charge in [-0.3, -0.25) is 4.79 Å². The maximum Gasteiger partial charge on any atom is 0.270 e. The first-order chi connectivity index (χ1) is 15.2. The number of aromatic amines is 1. The summed E-state index contributed by atoms with van der Waals surface area (Å²) in [6, 6.07) is 28.0. The highest BCUT2D eigenvalue weighted by Crippen LogP contribution is 2.32. The molecular weight excluding hydrogens is 384 g/mol. The van der Waals surface area contributed by atoms with Crippen LogP contribution in [0.5, 0.6) is 5.75 Å². The van der Waals surface area contributed by atoms with Crippen molar-refractivity contribution in [1.82, 2.24) is 9.88 Å². The number of hydrogen-bond acceptors (Lipinski definition) is 2. The van der Waals surface area contributed by atoms with E-state index >= 15 is 0 Å². The standard InChI is InChI=1S/C27H24N2O2/c30-23-12-11-22-17-25(28-24(22)18-23)27(31)29-15-13-21(14-16-29)26(19-7-3-1-4-8-19)20-9-5-2-6-10-20/h1-12,17-18,28,30H,13-16H2. The third-order valence-corrected chi connectivity index (χ3v) is 5.97. The van der Waals surface area contributed by atoms with Crippen LogP contribution in [0, 0.1) is 0 Å². The number of piperidine rings is 1. The van der Waals surface area contributed by atoms with Crippen molar-refractivity contribution in [1.29, 1.82) is 0 Å². The van der Waals surface area contributed by atoms with E-state index in [-0.39, 0.29) is 11.7 Å². The Kier molecular flexibility index (Phi) is 5.04. The smallest absolute Gasteiger partial charge is 0.270 e. The lowest BCUT2D eigenvalue weighted by molar-refractivity contribution is 0.0739. The van der Waals surface area contributed by atoms with Gasteiger partial charge in [0.05, 0.1) is 0 Å². The first-order valence-electron chi connectivity index (χ1n) is 10.6. The summed E-state index contributed by atoms with van der Waals surface area (Å²) in [5, 5.41) is 10.6. The van der Waals surface area contributed by atoms with Crippen molar-refractivity contribution in [3.8, 4) is 5.75 Å². The van der Waals surface area contributed by atoms with Gasteiger partial charge in [0.2, 0.25) is 0 Å². The number of carbonyl (C=O) groups is 1. The molecule has 0 aliphatic carbocycles. The van der Waals surface area contributed by atoms with Crippen LogP contribution in [0.25, 0.3) is 16.5 Å². The second kappa shape index (κ2) is 8.15. The highest BCUT2D eigenvalue weighted by Gasteiger charge is 2.24. The van der Waals surface area contributed by atoms with Crippen LogP contribution in [-0.4, -0.2) is 34.0 Å². The van der Waals surface area contributed by atoms with Crippen molar-refractivity contribution in [3.05, 3.63) is 107 Å². The predicted octanol–water partition coefficient (Wildman–Crippen LogP) is 5.61. The summed E-state index contributed by atoms with van der Waals surface area (Å²) in [6.07, 6.45) is 1.71. The highest BCUT2D eigenvalue weighted by atomic mass is 16.3. The maximum absolute atomic E-state index is 13.1. The van der Waals surface area contributed by atoms with Gasteiger partial charge in [0, 0.05) is 30.1 Å². The van der Waals surface area contributed by atoms with Crippen LogP contribution < -0.4 is 0 Å². The van der Waals surface area contributed by atoms with Crippen molar-refractivity contribution in [2.24, 2.45) is 0 Å².